The topological polar surface area (TPSA) is 697 Å². The quantitative estimate of drug-likeness (QED) is 0.0213. The number of rotatable bonds is 31. The molecule has 18 rings (SSSR count). The van der Waals surface area contributed by atoms with E-state index in [2.05, 4.69) is 74.8 Å². The summed E-state index contributed by atoms with van der Waals surface area (Å²) in [5, 5.41) is 0. The van der Waals surface area contributed by atoms with Gasteiger partial charge in [-0.1, -0.05) is 87.5 Å². The molecule has 0 saturated carbocycles. The van der Waals surface area contributed by atoms with Crippen molar-refractivity contribution < 1.29 is 108 Å². The number of ether oxygens (including phenoxy) is 9. The zero-order valence-corrected chi connectivity index (χ0v) is 76.5. The number of fused-ring (bicyclic) bond motifs is 3. The van der Waals surface area contributed by atoms with Crippen LogP contribution in [-0.2, 0) is 90.1 Å². The Bertz CT molecular complexity index is 6890. The number of phosphoric ester groups is 3. The van der Waals surface area contributed by atoms with E-state index in [0.717, 1.165) is 21.0 Å². The van der Waals surface area contributed by atoms with Crippen LogP contribution in [-0.4, -0.2) is 222 Å². The number of carbonyl (C=O) groups excluding carboxylic acids is 2. The fourth-order valence-corrected chi connectivity index (χ4v) is 19.2. The first-order chi connectivity index (χ1) is 65.6. The second kappa shape index (κ2) is 41.8. The Balaban J connectivity index is 0.000000149. The smallest absolute Gasteiger partial charge is 0.456 e. The molecule has 6 aliphatic heterocycles. The van der Waals surface area contributed by atoms with Crippen molar-refractivity contribution in [2.24, 2.45) is 0 Å². The summed E-state index contributed by atoms with van der Waals surface area (Å²) in [6.07, 6.45) is -4.98. The summed E-state index contributed by atoms with van der Waals surface area (Å²) in [6.45, 7) is 9.21. The first-order valence-corrected chi connectivity index (χ1v) is 47.6. The molecule has 56 heteroatoms. The van der Waals surface area contributed by atoms with Gasteiger partial charge in [0, 0.05) is 38.5 Å². The van der Waals surface area contributed by atoms with Crippen LogP contribution in [0.1, 0.15) is 160 Å². The summed E-state index contributed by atoms with van der Waals surface area (Å²) in [5.41, 5.74) is 15.9. The maximum Gasteiger partial charge on any atom is 0.472 e. The molecule has 0 bridgehead atoms. The third-order valence-electron chi connectivity index (χ3n) is 22.9. The van der Waals surface area contributed by atoms with Gasteiger partial charge in [0.15, 0.2) is 33.5 Å². The number of nitrogen functional groups attached to an aromatic ring is 3. The van der Waals surface area contributed by atoms with Crippen molar-refractivity contribution in [2.75, 3.05) is 37.0 Å². The maximum absolute atomic E-state index is 13.2. The molecule has 53 nitrogen and oxygen atoms in total. The van der Waals surface area contributed by atoms with Gasteiger partial charge in [-0.3, -0.25) is 68.9 Å². The predicted octanol–water partition coefficient (Wildman–Crippen LogP) is 4.48. The van der Waals surface area contributed by atoms with E-state index in [9.17, 15) is 66.7 Å². The second-order valence-corrected chi connectivity index (χ2v) is 36.5. The van der Waals surface area contributed by atoms with Gasteiger partial charge in [-0.15, -0.1) is 0 Å². The van der Waals surface area contributed by atoms with Crippen LogP contribution < -0.4 is 50.9 Å². The van der Waals surface area contributed by atoms with Gasteiger partial charge in [0.05, 0.1) is 99.3 Å². The fraction of sp³-hybridized carbons (Fsp3) is 0.457. The van der Waals surface area contributed by atoms with E-state index in [1.54, 1.807) is 97.5 Å². The first-order valence-electron chi connectivity index (χ1n) is 43.1. The monoisotopic (exact) mass is 1960 g/mol. The molecule has 9 aromatic heterocycles. The van der Waals surface area contributed by atoms with Crippen molar-refractivity contribution in [3.8, 4) is 0 Å². The number of hydrogen-bond acceptors (Lipinski definition) is 41. The summed E-state index contributed by atoms with van der Waals surface area (Å²) in [5.74, 6) is -0.727. The van der Waals surface area contributed by atoms with Gasteiger partial charge in [0.25, 0.3) is 16.7 Å². The van der Waals surface area contributed by atoms with E-state index in [1.165, 1.54) is 40.8 Å². The highest BCUT2D eigenvalue weighted by Crippen LogP contribution is 2.53. The summed E-state index contributed by atoms with van der Waals surface area (Å²) in [6, 6.07) is 26.0. The predicted molar refractivity (Wildman–Crippen MR) is 471 cm³/mol. The first kappa shape index (κ1) is 97.6. The molecule has 12 N–H and O–H groups in total. The number of aryl methyl sites for hydroxylation is 3. The highest BCUT2D eigenvalue weighted by Gasteiger charge is 2.49. The van der Waals surface area contributed by atoms with Gasteiger partial charge in [0.1, 0.15) is 104 Å². The van der Waals surface area contributed by atoms with Gasteiger partial charge in [-0.25, -0.2) is 82.5 Å². The minimum absolute atomic E-state index is 0.0123. The molecule has 0 radical (unpaired) electrons. The summed E-state index contributed by atoms with van der Waals surface area (Å²) < 4.78 is 134. The lowest BCUT2D eigenvalue weighted by atomic mass is 10.1. The highest BCUT2D eigenvalue weighted by molar-refractivity contribution is 7.48. The molecule has 15 heterocycles. The van der Waals surface area contributed by atoms with Gasteiger partial charge in [0.2, 0.25) is 17.8 Å². The number of nitrogens with one attached hydrogen (secondary N) is 3. The molecule has 3 unspecified atom stereocenters. The fourth-order valence-electron chi connectivity index (χ4n) is 16.4. The van der Waals surface area contributed by atoms with Gasteiger partial charge < -0.3 is 89.5 Å². The molecule has 12 aromatic rings. The molecular formula is C81H95N24O29P3. The molecule has 728 valence electrons. The van der Waals surface area contributed by atoms with Crippen molar-refractivity contribution in [2.45, 2.75) is 217 Å². The number of esters is 2. The van der Waals surface area contributed by atoms with Crippen molar-refractivity contribution in [3.63, 3.8) is 0 Å². The number of aromatic amines is 3. The molecule has 3 aromatic carbocycles. The largest absolute Gasteiger partial charge is 0.472 e. The number of phosphoric acid groups is 3. The van der Waals surface area contributed by atoms with E-state index in [0.29, 0.717) is 53.6 Å². The summed E-state index contributed by atoms with van der Waals surface area (Å²) in [4.78, 5) is 188. The van der Waals surface area contributed by atoms with E-state index < -0.39 is 187 Å². The molecule has 137 heavy (non-hydrogen) atoms. The standard InChI is InChI=1S/2C27H31N8O10P.C27H33N8O9P/c1-3-16-18(10-20(42-16)34-12-29-22-23(34)31-14(2)32-24(22)36)45-46(39,40)41-11-19-17(44-25(37)15-7-5-4-6-8-15)9-21(43-19)35-13-30-26(28)33-27(35)38;1-3-16-18(10-21(42-16)35-13-30-26(28)33-27(35)38)45-46(39,40)41-11-19-17(44-25(37)15-7-5-4-6-8-15)9-20(43-19)34-12-29-22-23(34)31-14(2)32-24(22)36;1-3-17-19(10-21(42-17)34-13-29-23-24(34)31-15(2)32-25(23)36)44-45(38,39)41-12-20-18(40-11-16-7-5-4-6-8-16)9-22(43-20)35-14-30-26(28)33-27(35)37/h2*4-8,12-13,16-21H,3,9-11H2,1-2H3,(H,39,40)(H2,28,33,38)(H,31,32,36);4-8,13-14,17-22H,3,9-12H2,1-2H3,(H,38,39)(H2,28,33,37)(H,31,32,36)/t2*16-,17-,18-,19-,20-,21-;17-,18-,19-,20-,21-,22-/m111/s1. The number of benzene rings is 3. The van der Waals surface area contributed by atoms with Crippen LogP contribution in [0.2, 0.25) is 0 Å². The minimum Gasteiger partial charge on any atom is -0.456 e. The lowest BCUT2D eigenvalue weighted by molar-refractivity contribution is -0.0685. The Hall–Kier alpha value is -12.5. The summed E-state index contributed by atoms with van der Waals surface area (Å²) in [7, 11) is -14.1. The SMILES string of the molecule is CC[C@H]1O[C@@H](n2cnc(N)nc2=O)C[C@H]1OP(=O)(O)OC[C@H]1O[C@@H](n2cnc3c(=O)[nH]c(C)nc32)C[C@H]1OC(=O)c1ccccc1.CC[C@H]1O[C@@H](n2cnc3c(=O)[nH]c(C)nc32)C[C@H]1OP(=O)(O)OC[C@H]1O[C@@H](n2cnc(N)nc2=O)C[C@H]1OC(=O)c1ccccc1.CC[C@H]1O[C@@H](n2cnc3c(=O)[nH]c(C)nc32)C[C@H]1OP(=O)(O)OC[C@H]1O[C@@H](n2cnc(N)nc2=O)C[C@H]1OCc1ccccc1. The molecule has 0 spiro atoms. The Labute approximate surface area is 772 Å². The number of aromatic nitrogens is 21. The van der Waals surface area contributed by atoms with Crippen molar-refractivity contribution in [1.29, 1.82) is 0 Å². The van der Waals surface area contributed by atoms with Crippen LogP contribution in [0.5, 0.6) is 0 Å². The zero-order valence-electron chi connectivity index (χ0n) is 73.8. The average molecular weight is 1960 g/mol. The van der Waals surface area contributed by atoms with Gasteiger partial charge >= 0.3 is 52.5 Å². The van der Waals surface area contributed by atoms with Crippen LogP contribution in [0.3, 0.4) is 0 Å². The average Bonchev–Trinajstić information content (AvgIpc) is 1.63. The molecule has 0 amide bonds. The lowest BCUT2D eigenvalue weighted by Crippen LogP contribution is -2.31. The van der Waals surface area contributed by atoms with Crippen LogP contribution in [0.15, 0.2) is 158 Å². The molecule has 6 fully saturated rings. The van der Waals surface area contributed by atoms with Crippen molar-refractivity contribution in [3.05, 3.63) is 226 Å². The zero-order chi connectivity index (χ0) is 96.9. The summed E-state index contributed by atoms with van der Waals surface area (Å²) >= 11 is 0. The molecule has 21 atom stereocenters. The number of nitrogens with zero attached hydrogens (tertiary/aromatic N) is 18. The number of carbonyl (C=O) groups is 2. The second-order valence-electron chi connectivity index (χ2n) is 32.2. The van der Waals surface area contributed by atoms with Crippen LogP contribution in [0.4, 0.5) is 17.8 Å². The maximum atomic E-state index is 13.2. The lowest BCUT2D eigenvalue weighted by Gasteiger charge is -2.23. The third kappa shape index (κ3) is 23.0. The molecule has 6 aliphatic rings. The Morgan fingerprint density at radius 2 is 0.650 bits per heavy atom. The number of hydrogen-bond donors (Lipinski definition) is 9. The minimum atomic E-state index is -4.75. The van der Waals surface area contributed by atoms with Crippen molar-refractivity contribution >= 4 is 86.7 Å². The highest BCUT2D eigenvalue weighted by atomic mass is 31.2. The van der Waals surface area contributed by atoms with Crippen LogP contribution >= 0.6 is 23.5 Å². The normalized spacial score (nSPS) is 26.1. The molecular weight excluding hydrogens is 1870 g/mol. The van der Waals surface area contributed by atoms with E-state index >= 15 is 0 Å². The molecule has 6 saturated heterocycles. The van der Waals surface area contributed by atoms with Gasteiger partial charge in [-0.05, 0) is 69.9 Å². The Morgan fingerprint density at radius 3 is 0.956 bits per heavy atom. The number of H-pyrrole nitrogens is 3. The number of nitrogens with two attached hydrogens (primary N) is 3. The van der Waals surface area contributed by atoms with Gasteiger partial charge in [-0.2, -0.15) is 15.0 Å². The molecule has 0 aliphatic carbocycles. The third-order valence-corrected chi connectivity index (χ3v) is 25.9. The number of imidazole rings is 3. The Morgan fingerprint density at radius 1 is 0.380 bits per heavy atom. The van der Waals surface area contributed by atoms with Crippen molar-refractivity contribution in [1.82, 2.24) is 102 Å². The Kier molecular flexibility index (Phi) is 29.8. The van der Waals surface area contributed by atoms with E-state index in [-0.39, 0.29) is 103 Å². The van der Waals surface area contributed by atoms with Crippen LogP contribution in [0, 0.1) is 20.8 Å². The van der Waals surface area contributed by atoms with E-state index in [1.807, 2.05) is 44.2 Å². The van der Waals surface area contributed by atoms with Crippen LogP contribution in [0.25, 0.3) is 33.5 Å². The van der Waals surface area contributed by atoms with E-state index in [4.69, 9.17) is 87.0 Å². The number of anilines is 3.